The Hall–Kier alpha value is -3.86. The lowest BCUT2D eigenvalue weighted by Crippen LogP contribution is -2.30. The predicted octanol–water partition coefficient (Wildman–Crippen LogP) is 3.71. The summed E-state index contributed by atoms with van der Waals surface area (Å²) in [6.45, 7) is 3.50. The van der Waals surface area contributed by atoms with Crippen LogP contribution in [0.25, 0.3) is 11.2 Å². The Morgan fingerprint density at radius 3 is 2.57 bits per heavy atom. The molecule has 11 heteroatoms. The highest BCUT2D eigenvalue weighted by atomic mass is 32.2. The summed E-state index contributed by atoms with van der Waals surface area (Å²) < 4.78 is 45.4. The van der Waals surface area contributed by atoms with Crippen LogP contribution in [-0.4, -0.2) is 52.1 Å². The number of sulfone groups is 1. The van der Waals surface area contributed by atoms with Crippen LogP contribution in [0.4, 0.5) is 10.3 Å². The largest absolute Gasteiger partial charge is 0.433 e. The van der Waals surface area contributed by atoms with E-state index in [-0.39, 0.29) is 16.5 Å². The van der Waals surface area contributed by atoms with E-state index in [1.807, 2.05) is 16.8 Å². The molecule has 1 aliphatic rings. The van der Waals surface area contributed by atoms with Gasteiger partial charge in [-0.25, -0.2) is 32.7 Å². The topological polar surface area (TPSA) is 103 Å². The third kappa shape index (κ3) is 4.59. The lowest BCUT2D eigenvalue weighted by atomic mass is 10.1. The maximum atomic E-state index is 14.5. The van der Waals surface area contributed by atoms with Crippen molar-refractivity contribution in [2.45, 2.75) is 24.7 Å². The summed E-state index contributed by atoms with van der Waals surface area (Å²) >= 11 is 0. The molecule has 0 saturated carbocycles. The monoisotopic (exact) mass is 494 g/mol. The SMILES string of the molecule is CCc1cnc(N2CC=C(c3cnc4c(Oc5ccc(S(C)(=O)=O)cc5F)nccn34)CC2)nc1. The molecule has 0 amide bonds. The highest BCUT2D eigenvalue weighted by molar-refractivity contribution is 7.90. The van der Waals surface area contributed by atoms with Gasteiger partial charge >= 0.3 is 0 Å². The molecule has 0 N–H and O–H groups in total. The summed E-state index contributed by atoms with van der Waals surface area (Å²) in [4.78, 5) is 19.6. The number of anilines is 1. The molecule has 0 spiro atoms. The molecular weight excluding hydrogens is 471 g/mol. The molecule has 3 aromatic heterocycles. The van der Waals surface area contributed by atoms with Crippen molar-refractivity contribution in [2.75, 3.05) is 24.2 Å². The van der Waals surface area contributed by atoms with Gasteiger partial charge in [0.15, 0.2) is 21.4 Å². The van der Waals surface area contributed by atoms with E-state index in [1.165, 1.54) is 12.1 Å². The first-order chi connectivity index (χ1) is 16.8. The highest BCUT2D eigenvalue weighted by Crippen LogP contribution is 2.30. The maximum absolute atomic E-state index is 14.5. The normalized spacial score (nSPS) is 14.3. The van der Waals surface area contributed by atoms with Crippen LogP contribution < -0.4 is 9.64 Å². The number of halogens is 1. The Kier molecular flexibility index (Phi) is 5.93. The van der Waals surface area contributed by atoms with Crippen molar-refractivity contribution in [3.63, 3.8) is 0 Å². The van der Waals surface area contributed by atoms with Gasteiger partial charge < -0.3 is 9.64 Å². The average molecular weight is 495 g/mol. The van der Waals surface area contributed by atoms with E-state index in [4.69, 9.17) is 4.74 Å². The van der Waals surface area contributed by atoms with Crippen LogP contribution in [0.15, 0.2) is 60.2 Å². The second-order valence-electron chi connectivity index (χ2n) is 8.21. The summed E-state index contributed by atoms with van der Waals surface area (Å²) in [7, 11) is -3.53. The van der Waals surface area contributed by atoms with Crippen LogP contribution in [0.2, 0.25) is 0 Å². The fourth-order valence-electron chi connectivity index (χ4n) is 3.88. The van der Waals surface area contributed by atoms with Gasteiger partial charge in [-0.1, -0.05) is 13.0 Å². The van der Waals surface area contributed by atoms with Crippen LogP contribution in [0, 0.1) is 5.82 Å². The van der Waals surface area contributed by atoms with Gasteiger partial charge in [0.05, 0.1) is 16.8 Å². The second kappa shape index (κ2) is 9.06. The zero-order valence-corrected chi connectivity index (χ0v) is 20.0. The molecule has 4 heterocycles. The van der Waals surface area contributed by atoms with Crippen molar-refractivity contribution in [3.05, 3.63) is 72.3 Å². The number of ether oxygens (including phenoxy) is 1. The van der Waals surface area contributed by atoms with Crippen molar-refractivity contribution in [1.29, 1.82) is 0 Å². The molecule has 0 atom stereocenters. The van der Waals surface area contributed by atoms with Crippen LogP contribution in [0.3, 0.4) is 0 Å². The van der Waals surface area contributed by atoms with E-state index < -0.39 is 15.7 Å². The number of imidazole rings is 1. The van der Waals surface area contributed by atoms with Crippen molar-refractivity contribution in [3.8, 4) is 11.6 Å². The Bertz CT molecular complexity index is 1530. The first-order valence-corrected chi connectivity index (χ1v) is 13.0. The van der Waals surface area contributed by atoms with E-state index in [2.05, 4.69) is 37.8 Å². The number of rotatable bonds is 6. The minimum Gasteiger partial charge on any atom is -0.433 e. The number of nitrogens with zero attached hydrogens (tertiary/aromatic N) is 6. The molecule has 1 aromatic carbocycles. The fraction of sp³-hybridized carbons (Fsp3) is 0.250. The smallest absolute Gasteiger partial charge is 0.263 e. The third-order valence-electron chi connectivity index (χ3n) is 5.85. The Morgan fingerprint density at radius 1 is 1.11 bits per heavy atom. The summed E-state index contributed by atoms with van der Waals surface area (Å²) in [5.74, 6) is -0.108. The van der Waals surface area contributed by atoms with Gasteiger partial charge in [-0.3, -0.25) is 4.40 Å². The predicted molar refractivity (Wildman–Crippen MR) is 129 cm³/mol. The van der Waals surface area contributed by atoms with Gasteiger partial charge in [0.1, 0.15) is 0 Å². The van der Waals surface area contributed by atoms with Gasteiger partial charge in [-0.2, -0.15) is 0 Å². The number of aromatic nitrogens is 5. The minimum atomic E-state index is -3.53. The zero-order chi connectivity index (χ0) is 24.6. The van der Waals surface area contributed by atoms with Crippen LogP contribution in [-0.2, 0) is 16.3 Å². The van der Waals surface area contributed by atoms with Gasteiger partial charge in [-0.15, -0.1) is 0 Å². The minimum absolute atomic E-state index is 0.118. The number of aryl methyl sites for hydroxylation is 1. The summed E-state index contributed by atoms with van der Waals surface area (Å²) in [6.07, 6.45) is 13.6. The van der Waals surface area contributed by atoms with E-state index in [0.29, 0.717) is 18.1 Å². The molecular formula is C24H23FN6O3S. The number of hydrogen-bond donors (Lipinski definition) is 0. The van der Waals surface area contributed by atoms with Gasteiger partial charge in [0.25, 0.3) is 5.88 Å². The van der Waals surface area contributed by atoms with E-state index in [1.54, 1.807) is 18.6 Å². The summed E-state index contributed by atoms with van der Waals surface area (Å²) in [5.41, 5.74) is 3.53. The van der Waals surface area contributed by atoms with Crippen molar-refractivity contribution in [2.24, 2.45) is 0 Å². The Morgan fingerprint density at radius 2 is 1.91 bits per heavy atom. The third-order valence-corrected chi connectivity index (χ3v) is 6.96. The molecule has 180 valence electrons. The number of hydrogen-bond acceptors (Lipinski definition) is 8. The average Bonchev–Trinajstić information content (AvgIpc) is 3.30. The molecule has 0 bridgehead atoms. The van der Waals surface area contributed by atoms with Gasteiger partial charge in [-0.05, 0) is 42.2 Å². The molecule has 35 heavy (non-hydrogen) atoms. The lowest BCUT2D eigenvalue weighted by molar-refractivity contribution is 0.428. The maximum Gasteiger partial charge on any atom is 0.263 e. The molecule has 0 aliphatic carbocycles. The molecule has 9 nitrogen and oxygen atoms in total. The molecule has 0 unspecified atom stereocenters. The van der Waals surface area contributed by atoms with E-state index in [9.17, 15) is 12.8 Å². The number of benzene rings is 1. The highest BCUT2D eigenvalue weighted by Gasteiger charge is 2.20. The zero-order valence-electron chi connectivity index (χ0n) is 19.2. The first kappa shape index (κ1) is 22.9. The molecule has 5 rings (SSSR count). The van der Waals surface area contributed by atoms with E-state index >= 15 is 0 Å². The van der Waals surface area contributed by atoms with Crippen LogP contribution in [0.1, 0.15) is 24.6 Å². The Balaban J connectivity index is 1.39. The molecule has 1 aliphatic heterocycles. The lowest BCUT2D eigenvalue weighted by Gasteiger charge is -2.26. The van der Waals surface area contributed by atoms with Crippen LogP contribution in [0.5, 0.6) is 11.6 Å². The molecule has 0 saturated heterocycles. The van der Waals surface area contributed by atoms with E-state index in [0.717, 1.165) is 48.5 Å². The van der Waals surface area contributed by atoms with Gasteiger partial charge in [0, 0.05) is 44.1 Å². The van der Waals surface area contributed by atoms with Crippen molar-refractivity contribution in [1.82, 2.24) is 24.3 Å². The van der Waals surface area contributed by atoms with Crippen molar-refractivity contribution < 1.29 is 17.5 Å². The number of fused-ring (bicyclic) bond motifs is 1. The quantitative estimate of drug-likeness (QED) is 0.400. The second-order valence-corrected chi connectivity index (χ2v) is 10.2. The first-order valence-electron chi connectivity index (χ1n) is 11.1. The van der Waals surface area contributed by atoms with Gasteiger partial charge in [0.2, 0.25) is 11.6 Å². The fourth-order valence-corrected chi connectivity index (χ4v) is 4.51. The standard InChI is InChI=1S/C24H23FN6O3S/c1-3-16-13-28-24(29-14-16)30-9-6-17(7-10-30)20-15-27-22-23(26-8-11-31(20)22)34-21-5-4-18(12-19(21)25)35(2,32)33/h4-6,8,11-15H,3,7,9-10H2,1-2H3. The van der Waals surface area contributed by atoms with Crippen LogP contribution >= 0.6 is 0 Å². The van der Waals surface area contributed by atoms with Crippen molar-refractivity contribution >= 4 is 27.0 Å². The molecule has 0 radical (unpaired) electrons. The molecule has 0 fully saturated rings. The summed E-state index contributed by atoms with van der Waals surface area (Å²) in [5, 5.41) is 0. The molecule has 4 aromatic rings. The Labute approximate surface area is 201 Å². The summed E-state index contributed by atoms with van der Waals surface area (Å²) in [6, 6.07) is 3.50.